The highest BCUT2D eigenvalue weighted by Crippen LogP contribution is 2.58. The van der Waals surface area contributed by atoms with E-state index in [9.17, 15) is 0 Å². The van der Waals surface area contributed by atoms with Crippen LogP contribution in [0.2, 0.25) is 0 Å². The van der Waals surface area contributed by atoms with E-state index in [1.807, 2.05) is 72.8 Å². The first-order valence-corrected chi connectivity index (χ1v) is 36.2. The summed E-state index contributed by atoms with van der Waals surface area (Å²) in [6.45, 7) is 14.1. The summed E-state index contributed by atoms with van der Waals surface area (Å²) in [5, 5.41) is 14.9. The summed E-state index contributed by atoms with van der Waals surface area (Å²) >= 11 is 0. The molecule has 9 heteroatoms. The fourth-order valence-electron chi connectivity index (χ4n) is 18.7. The van der Waals surface area contributed by atoms with Gasteiger partial charge in [0, 0.05) is 53.9 Å². The Kier molecular flexibility index (Phi) is 12.2. The van der Waals surface area contributed by atoms with Gasteiger partial charge in [-0.25, -0.2) is 0 Å². The first kappa shape index (κ1) is 59.6. The summed E-state index contributed by atoms with van der Waals surface area (Å²) < 4.78 is 25.8. The van der Waals surface area contributed by atoms with Gasteiger partial charge in [-0.1, -0.05) is 260 Å². The number of nitrogens with zero attached hydrogens (tertiary/aromatic N) is 6. The summed E-state index contributed by atoms with van der Waals surface area (Å²) in [6, 6.07) is 105. The number of rotatable bonds is 3. The van der Waals surface area contributed by atoms with Gasteiger partial charge in [-0.2, -0.15) is 15.0 Å². The zero-order chi connectivity index (χ0) is 69.9. The smallest absolute Gasteiger partial charge is 0.307 e. The van der Waals surface area contributed by atoms with E-state index in [0.717, 1.165) is 60.9 Å². The minimum atomic E-state index is -0.153. The molecule has 0 N–H and O–H groups in total. The zero-order valence-corrected chi connectivity index (χ0v) is 58.6. The molecule has 0 spiro atoms. The van der Waals surface area contributed by atoms with Crippen LogP contribution in [0.5, 0.6) is 0 Å². The average Bonchev–Trinajstić information content (AvgIpc) is 1.54. The second-order valence-electron chi connectivity index (χ2n) is 30.1. The quantitative estimate of drug-likeness (QED) is 0.175. The molecular weight excluding hydrogens is 1290 g/mol. The lowest BCUT2D eigenvalue weighted by Crippen LogP contribution is -2.16. The van der Waals surface area contributed by atoms with Crippen LogP contribution < -0.4 is 0 Å². The maximum absolute atomic E-state index is 6.40. The molecule has 3 aliphatic carbocycles. The van der Waals surface area contributed by atoms with Crippen LogP contribution in [0.1, 0.15) is 74.9 Å². The van der Waals surface area contributed by atoms with Crippen LogP contribution in [0, 0.1) is 0 Å². The molecule has 9 nitrogen and oxygen atoms in total. The fourth-order valence-corrected chi connectivity index (χ4v) is 18.7. The summed E-state index contributed by atoms with van der Waals surface area (Å²) in [5.41, 5.74) is 27.6. The number of hydrogen-bond donors (Lipinski definition) is 0. The van der Waals surface area contributed by atoms with E-state index >= 15 is 0 Å². The van der Waals surface area contributed by atoms with Crippen molar-refractivity contribution in [2.75, 3.05) is 0 Å². The Hall–Kier alpha value is -13.1. The maximum Gasteiger partial charge on any atom is 0.307 e. The molecule has 21 aromatic rings. The average molecular weight is 1350 g/mol. The molecule has 15 aromatic carbocycles. The summed E-state index contributed by atoms with van der Waals surface area (Å²) in [5.74, 6) is 0. The molecule has 0 fully saturated rings. The van der Waals surface area contributed by atoms with Crippen molar-refractivity contribution in [1.29, 1.82) is 0 Å². The molecule has 0 atom stereocenters. The topological polar surface area (TPSA) is 92.9 Å². The number of oxazole rings is 3. The molecule has 6 aromatic heterocycles. The standard InChI is InChI=1S/3C32H22N2O/c1-32(2)23-15-7-5-13-21(23)27-19-11-3-4-12-20(19)30-28(29(27)32)22-14-6-9-17-25(22)34(30)31-33-24-16-8-10-18-26(24)35-31;1-32(2)25-12-6-5-11-21(25)22-18-29-24(17-26(22)32)23-15-19-9-3-4-10-20(19)16-28(23)34(29)31-33-27-13-7-8-14-30(27)35-31;1-32(2)24-12-6-5-11-21(24)22-16-17-23-28-20-10-4-3-9-19(20)15-18-26(28)34(30(23)29(22)32)31-33-25-13-7-8-14-27(25)35-31/h3*3-18H,1-2H3. The van der Waals surface area contributed by atoms with Crippen LogP contribution in [0.15, 0.2) is 304 Å². The fraction of sp³-hybridized carbons (Fsp3) is 0.0938. The zero-order valence-electron chi connectivity index (χ0n) is 58.6. The third kappa shape index (κ3) is 8.26. The number of aromatic nitrogens is 6. The van der Waals surface area contributed by atoms with Gasteiger partial charge in [0.15, 0.2) is 16.7 Å². The lowest BCUT2D eigenvalue weighted by atomic mass is 9.79. The molecule has 3 aliphatic rings. The second kappa shape index (κ2) is 21.5. The van der Waals surface area contributed by atoms with Gasteiger partial charge in [-0.3, -0.25) is 13.7 Å². The van der Waals surface area contributed by atoms with Crippen molar-refractivity contribution in [2.45, 2.75) is 57.8 Å². The van der Waals surface area contributed by atoms with Crippen LogP contribution in [0.3, 0.4) is 0 Å². The van der Waals surface area contributed by atoms with Crippen molar-refractivity contribution >= 4 is 131 Å². The highest BCUT2D eigenvalue weighted by atomic mass is 16.4. The largest absolute Gasteiger partial charge is 0.423 e. The van der Waals surface area contributed by atoms with Crippen LogP contribution in [-0.2, 0) is 16.2 Å². The van der Waals surface area contributed by atoms with Crippen molar-refractivity contribution in [3.05, 3.63) is 325 Å². The molecule has 0 saturated heterocycles. The predicted octanol–water partition coefficient (Wildman–Crippen LogP) is 25.2. The lowest BCUT2D eigenvalue weighted by molar-refractivity contribution is 0.572. The number of hydrogen-bond acceptors (Lipinski definition) is 6. The van der Waals surface area contributed by atoms with Gasteiger partial charge < -0.3 is 13.3 Å². The second-order valence-corrected chi connectivity index (χ2v) is 30.1. The van der Waals surface area contributed by atoms with Crippen molar-refractivity contribution in [3.8, 4) is 51.4 Å². The Morgan fingerprint density at radius 2 is 0.724 bits per heavy atom. The molecule has 0 bridgehead atoms. The molecule has 24 rings (SSSR count). The number of para-hydroxylation sites is 7. The molecule has 0 saturated carbocycles. The third-order valence-electron chi connectivity index (χ3n) is 23.4. The number of fused-ring (bicyclic) bond motifs is 29. The molecule has 6 heterocycles. The Labute approximate surface area is 603 Å². The highest BCUT2D eigenvalue weighted by molar-refractivity contribution is 6.26. The van der Waals surface area contributed by atoms with Crippen LogP contribution in [0.4, 0.5) is 0 Å². The van der Waals surface area contributed by atoms with Crippen molar-refractivity contribution in [3.63, 3.8) is 0 Å². The predicted molar refractivity (Wildman–Crippen MR) is 430 cm³/mol. The first-order chi connectivity index (χ1) is 51.4. The van der Waals surface area contributed by atoms with Crippen LogP contribution >= 0.6 is 0 Å². The van der Waals surface area contributed by atoms with Gasteiger partial charge in [0.1, 0.15) is 16.6 Å². The normalized spacial score (nSPS) is 14.2. The van der Waals surface area contributed by atoms with E-state index < -0.39 is 0 Å². The summed E-state index contributed by atoms with van der Waals surface area (Å²) in [7, 11) is 0. The SMILES string of the molecule is CC1(C)c2ccccc2-c2c1c1c3ccccc3n(-c3nc4ccccc4o3)c1c1ccccc21.CC1(C)c2ccccc2-c2cc3c(cc21)c1cc2ccccc2cc1n3-c1nc2ccccc2o1.CC1(C)c2ccccc2-c2ccc3c4c5ccccc5ccc4n(-c4nc5ccccc5o4)c3c21. The van der Waals surface area contributed by atoms with Gasteiger partial charge in [0.2, 0.25) is 0 Å². The van der Waals surface area contributed by atoms with E-state index in [1.54, 1.807) is 0 Å². The molecule has 0 radical (unpaired) electrons. The molecule has 105 heavy (non-hydrogen) atoms. The van der Waals surface area contributed by atoms with E-state index in [4.69, 9.17) is 28.2 Å². The van der Waals surface area contributed by atoms with E-state index in [0.29, 0.717) is 18.0 Å². The molecule has 498 valence electrons. The van der Waals surface area contributed by atoms with Crippen LogP contribution in [-0.4, -0.2) is 28.7 Å². The summed E-state index contributed by atoms with van der Waals surface area (Å²) in [4.78, 5) is 14.8. The van der Waals surface area contributed by atoms with Gasteiger partial charge >= 0.3 is 18.0 Å². The maximum atomic E-state index is 6.40. The minimum absolute atomic E-state index is 0.0526. The van der Waals surface area contributed by atoms with Crippen molar-refractivity contribution in [2.24, 2.45) is 0 Å². The van der Waals surface area contributed by atoms with E-state index in [2.05, 4.69) is 274 Å². The van der Waals surface area contributed by atoms with Gasteiger partial charge in [-0.05, 0) is 166 Å². The van der Waals surface area contributed by atoms with Crippen LogP contribution in [0.25, 0.3) is 182 Å². The Morgan fingerprint density at radius 1 is 0.257 bits per heavy atom. The minimum Gasteiger partial charge on any atom is -0.423 e. The van der Waals surface area contributed by atoms with Gasteiger partial charge in [-0.15, -0.1) is 0 Å². The van der Waals surface area contributed by atoms with E-state index in [1.165, 1.54) is 137 Å². The van der Waals surface area contributed by atoms with Gasteiger partial charge in [0.25, 0.3) is 0 Å². The Bertz CT molecular complexity index is 7240. The lowest BCUT2D eigenvalue weighted by Gasteiger charge is -2.23. The highest BCUT2D eigenvalue weighted by Gasteiger charge is 2.42. The molecule has 0 amide bonds. The monoisotopic (exact) mass is 1350 g/mol. The summed E-state index contributed by atoms with van der Waals surface area (Å²) in [6.07, 6.45) is 0. The van der Waals surface area contributed by atoms with Gasteiger partial charge in [0.05, 0.1) is 33.1 Å². The van der Waals surface area contributed by atoms with Crippen molar-refractivity contribution in [1.82, 2.24) is 28.7 Å². The Morgan fingerprint density at radius 3 is 1.37 bits per heavy atom. The van der Waals surface area contributed by atoms with Crippen molar-refractivity contribution < 1.29 is 13.3 Å². The number of benzene rings is 15. The first-order valence-electron chi connectivity index (χ1n) is 36.2. The third-order valence-corrected chi connectivity index (χ3v) is 23.4. The molecule has 0 aliphatic heterocycles. The molecular formula is C96H66N6O3. The molecule has 0 unspecified atom stereocenters. The Balaban J connectivity index is 0.0000000986. The van der Waals surface area contributed by atoms with E-state index in [-0.39, 0.29) is 16.2 Å².